The largest absolute Gasteiger partial charge is 0.348 e. The third kappa shape index (κ3) is 2.46. The van der Waals surface area contributed by atoms with Gasteiger partial charge in [-0.2, -0.15) is 0 Å². The molecule has 3 rings (SSSR count). The maximum atomic E-state index is 13.0. The van der Waals surface area contributed by atoms with E-state index in [0.29, 0.717) is 23.6 Å². The second kappa shape index (κ2) is 5.77. The normalized spacial score (nSPS) is 10.6. The average molecular weight is 296 g/mol. The van der Waals surface area contributed by atoms with E-state index in [1.54, 1.807) is 40.9 Å². The lowest BCUT2D eigenvalue weighted by molar-refractivity contribution is 0.0959. The molecule has 0 radical (unpaired) electrons. The van der Waals surface area contributed by atoms with Gasteiger partial charge in [0.05, 0.1) is 5.56 Å². The van der Waals surface area contributed by atoms with Crippen molar-refractivity contribution >= 4 is 11.6 Å². The predicted molar refractivity (Wildman–Crippen MR) is 80.9 cm³/mol. The topological polar surface area (TPSA) is 59.3 Å². The van der Waals surface area contributed by atoms with Crippen LogP contribution in [0.15, 0.2) is 55.3 Å². The van der Waals surface area contributed by atoms with Gasteiger partial charge in [0.15, 0.2) is 11.5 Å². The molecular formula is C16H13FN4O. The Hall–Kier alpha value is -3.02. The second-order valence-corrected chi connectivity index (χ2v) is 4.64. The number of halogens is 1. The third-order valence-electron chi connectivity index (χ3n) is 3.19. The van der Waals surface area contributed by atoms with Gasteiger partial charge in [-0.05, 0) is 36.4 Å². The minimum Gasteiger partial charge on any atom is -0.348 e. The highest BCUT2D eigenvalue weighted by Crippen LogP contribution is 2.20. The highest BCUT2D eigenvalue weighted by Gasteiger charge is 2.15. The molecule has 0 fully saturated rings. The third-order valence-corrected chi connectivity index (χ3v) is 3.19. The number of rotatable bonds is 4. The summed E-state index contributed by atoms with van der Waals surface area (Å²) < 4.78 is 14.7. The second-order valence-electron chi connectivity index (χ2n) is 4.64. The molecule has 0 unspecified atom stereocenters. The van der Waals surface area contributed by atoms with Gasteiger partial charge >= 0.3 is 0 Å². The molecule has 0 spiro atoms. The number of hydrogen-bond acceptors (Lipinski definition) is 3. The molecule has 5 nitrogen and oxygen atoms in total. The first-order chi connectivity index (χ1) is 10.7. The molecule has 1 aromatic carbocycles. The van der Waals surface area contributed by atoms with Gasteiger partial charge in [-0.3, -0.25) is 9.20 Å². The van der Waals surface area contributed by atoms with E-state index in [1.165, 1.54) is 12.1 Å². The molecule has 2 aromatic heterocycles. The van der Waals surface area contributed by atoms with Gasteiger partial charge in [-0.25, -0.2) is 4.39 Å². The maximum Gasteiger partial charge on any atom is 0.255 e. The number of fused-ring (bicyclic) bond motifs is 1. The molecule has 0 saturated carbocycles. The van der Waals surface area contributed by atoms with E-state index in [4.69, 9.17) is 0 Å². The molecule has 1 N–H and O–H groups in total. The van der Waals surface area contributed by atoms with Crippen molar-refractivity contribution in [3.05, 3.63) is 66.6 Å². The molecule has 2 heterocycles. The molecule has 22 heavy (non-hydrogen) atoms. The average Bonchev–Trinajstić information content (AvgIpc) is 2.97. The van der Waals surface area contributed by atoms with Crippen LogP contribution in [0.3, 0.4) is 0 Å². The smallest absolute Gasteiger partial charge is 0.255 e. The number of carbonyl (C=O) groups is 1. The van der Waals surface area contributed by atoms with Gasteiger partial charge in [-0.15, -0.1) is 16.8 Å². The lowest BCUT2D eigenvalue weighted by Gasteiger charge is -2.04. The number of nitrogens with zero attached hydrogens (tertiary/aromatic N) is 3. The molecule has 0 atom stereocenters. The summed E-state index contributed by atoms with van der Waals surface area (Å²) in [6, 6.07) is 9.38. The number of aromatic nitrogens is 3. The van der Waals surface area contributed by atoms with E-state index >= 15 is 0 Å². The molecule has 0 aliphatic rings. The van der Waals surface area contributed by atoms with Crippen molar-refractivity contribution in [1.82, 2.24) is 19.9 Å². The minimum absolute atomic E-state index is 0.247. The zero-order valence-electron chi connectivity index (χ0n) is 11.7. The molecule has 3 aromatic rings. The Bertz CT molecular complexity index is 839. The Morgan fingerprint density at radius 1 is 1.27 bits per heavy atom. The Morgan fingerprint density at radius 3 is 2.77 bits per heavy atom. The Kier molecular flexibility index (Phi) is 3.65. The first-order valence-electron chi connectivity index (χ1n) is 6.69. The van der Waals surface area contributed by atoms with Crippen molar-refractivity contribution in [3.63, 3.8) is 0 Å². The van der Waals surface area contributed by atoms with Crippen LogP contribution >= 0.6 is 0 Å². The fraction of sp³-hybridized carbons (Fsp3) is 0.0625. The summed E-state index contributed by atoms with van der Waals surface area (Å²) in [5.74, 6) is -0.0148. The predicted octanol–water partition coefficient (Wildman–Crippen LogP) is 2.45. The summed E-state index contributed by atoms with van der Waals surface area (Å²) >= 11 is 0. The maximum absolute atomic E-state index is 13.0. The van der Waals surface area contributed by atoms with Crippen LogP contribution in [0.4, 0.5) is 4.39 Å². The molecular weight excluding hydrogens is 283 g/mol. The van der Waals surface area contributed by atoms with E-state index in [2.05, 4.69) is 22.1 Å². The SMILES string of the molecule is C=CCNC(=O)c1cccn2c(-c3ccc(F)cc3)nnc12. The first-order valence-corrected chi connectivity index (χ1v) is 6.69. The van der Waals surface area contributed by atoms with Crippen molar-refractivity contribution in [2.24, 2.45) is 0 Å². The summed E-state index contributed by atoms with van der Waals surface area (Å²) in [6.45, 7) is 3.93. The van der Waals surface area contributed by atoms with Crippen LogP contribution in [0.1, 0.15) is 10.4 Å². The summed E-state index contributed by atoms with van der Waals surface area (Å²) in [4.78, 5) is 12.1. The molecule has 1 amide bonds. The van der Waals surface area contributed by atoms with E-state index < -0.39 is 0 Å². The zero-order valence-corrected chi connectivity index (χ0v) is 11.7. The quantitative estimate of drug-likeness (QED) is 0.752. The number of pyridine rings is 1. The van der Waals surface area contributed by atoms with Crippen LogP contribution in [0, 0.1) is 5.82 Å². The van der Waals surface area contributed by atoms with Crippen LogP contribution in [-0.4, -0.2) is 27.0 Å². The Morgan fingerprint density at radius 2 is 2.05 bits per heavy atom. The fourth-order valence-electron chi connectivity index (χ4n) is 2.15. The van der Waals surface area contributed by atoms with Gasteiger partial charge in [0.2, 0.25) is 0 Å². The number of benzene rings is 1. The fourth-order valence-corrected chi connectivity index (χ4v) is 2.15. The Balaban J connectivity index is 2.07. The van der Waals surface area contributed by atoms with Gasteiger partial charge in [0.1, 0.15) is 5.82 Å². The highest BCUT2D eigenvalue weighted by atomic mass is 19.1. The summed E-state index contributed by atoms with van der Waals surface area (Å²) in [5, 5.41) is 10.9. The van der Waals surface area contributed by atoms with E-state index in [1.807, 2.05) is 0 Å². The van der Waals surface area contributed by atoms with Crippen molar-refractivity contribution < 1.29 is 9.18 Å². The van der Waals surface area contributed by atoms with Crippen LogP contribution in [0.25, 0.3) is 17.0 Å². The standard InChI is InChI=1S/C16H13FN4O/c1-2-9-18-16(22)13-4-3-10-21-14(19-20-15(13)21)11-5-7-12(17)8-6-11/h2-8,10H,1,9H2,(H,18,22). The summed E-state index contributed by atoms with van der Waals surface area (Å²) in [5.41, 5.74) is 1.59. The molecule has 6 heteroatoms. The number of carbonyl (C=O) groups excluding carboxylic acids is 1. The van der Waals surface area contributed by atoms with Gasteiger partial charge < -0.3 is 5.32 Å². The molecule has 0 aliphatic heterocycles. The Labute approximate surface area is 126 Å². The lowest BCUT2D eigenvalue weighted by Crippen LogP contribution is -2.23. The summed E-state index contributed by atoms with van der Waals surface area (Å²) in [7, 11) is 0. The first kappa shape index (κ1) is 13.9. The van der Waals surface area contributed by atoms with Crippen molar-refractivity contribution in [2.45, 2.75) is 0 Å². The van der Waals surface area contributed by atoms with Crippen LogP contribution < -0.4 is 5.32 Å². The van der Waals surface area contributed by atoms with Crippen molar-refractivity contribution in [1.29, 1.82) is 0 Å². The molecule has 0 aliphatic carbocycles. The number of nitrogens with one attached hydrogen (secondary N) is 1. The van der Waals surface area contributed by atoms with Crippen LogP contribution in [0.5, 0.6) is 0 Å². The molecule has 110 valence electrons. The van der Waals surface area contributed by atoms with E-state index in [0.717, 1.165) is 5.56 Å². The molecule has 0 bridgehead atoms. The monoisotopic (exact) mass is 296 g/mol. The van der Waals surface area contributed by atoms with Gasteiger partial charge in [-0.1, -0.05) is 6.08 Å². The van der Waals surface area contributed by atoms with Gasteiger partial charge in [0.25, 0.3) is 5.91 Å². The lowest BCUT2D eigenvalue weighted by atomic mass is 10.2. The zero-order chi connectivity index (χ0) is 15.5. The van der Waals surface area contributed by atoms with E-state index in [9.17, 15) is 9.18 Å². The van der Waals surface area contributed by atoms with Crippen LogP contribution in [-0.2, 0) is 0 Å². The number of amides is 1. The van der Waals surface area contributed by atoms with Crippen molar-refractivity contribution in [3.8, 4) is 11.4 Å². The highest BCUT2D eigenvalue weighted by molar-refractivity contribution is 6.00. The summed E-state index contributed by atoms with van der Waals surface area (Å²) in [6.07, 6.45) is 3.37. The minimum atomic E-state index is -0.318. The van der Waals surface area contributed by atoms with Crippen LogP contribution in [0.2, 0.25) is 0 Å². The van der Waals surface area contributed by atoms with E-state index in [-0.39, 0.29) is 11.7 Å². The number of hydrogen-bond donors (Lipinski definition) is 1. The van der Waals surface area contributed by atoms with Crippen molar-refractivity contribution in [2.75, 3.05) is 6.54 Å². The van der Waals surface area contributed by atoms with Gasteiger partial charge in [0, 0.05) is 18.3 Å². The molecule has 0 saturated heterocycles.